The number of carbonyl (C=O) groups excluding carboxylic acids is 1. The summed E-state index contributed by atoms with van der Waals surface area (Å²) in [5.74, 6) is 2.11. The maximum atomic E-state index is 12.6. The van der Waals surface area contributed by atoms with Gasteiger partial charge in [0.15, 0.2) is 0 Å². The van der Waals surface area contributed by atoms with E-state index in [2.05, 4.69) is 5.32 Å². The Morgan fingerprint density at radius 3 is 2.17 bits per heavy atom. The fourth-order valence-corrected chi connectivity index (χ4v) is 3.21. The predicted octanol–water partition coefficient (Wildman–Crippen LogP) is 4.87. The monoisotopic (exact) mass is 391 g/mol. The molecule has 3 aromatic carbocycles. The van der Waals surface area contributed by atoms with Crippen molar-refractivity contribution < 1.29 is 19.0 Å². The third-order valence-electron chi connectivity index (χ3n) is 4.67. The molecule has 0 saturated carbocycles. The number of nitrogens with one attached hydrogen (secondary N) is 1. The molecular weight excluding hydrogens is 366 g/mol. The van der Waals surface area contributed by atoms with E-state index in [9.17, 15) is 4.79 Å². The highest BCUT2D eigenvalue weighted by atomic mass is 16.5. The number of amides is 1. The largest absolute Gasteiger partial charge is 0.497 e. The van der Waals surface area contributed by atoms with Crippen molar-refractivity contribution >= 4 is 11.6 Å². The molecule has 0 aromatic heterocycles. The van der Waals surface area contributed by atoms with Crippen molar-refractivity contribution in [2.24, 2.45) is 0 Å². The average molecular weight is 391 g/mol. The summed E-state index contributed by atoms with van der Waals surface area (Å²) in [5, 5.41) is 2.97. The molecule has 0 aliphatic rings. The van der Waals surface area contributed by atoms with Gasteiger partial charge in [0.2, 0.25) is 5.91 Å². The second-order valence-electron chi connectivity index (χ2n) is 6.68. The van der Waals surface area contributed by atoms with Gasteiger partial charge in [0.25, 0.3) is 0 Å². The van der Waals surface area contributed by atoms with Gasteiger partial charge < -0.3 is 19.5 Å². The minimum Gasteiger partial charge on any atom is -0.497 e. The molecule has 1 N–H and O–H groups in total. The van der Waals surface area contributed by atoms with Crippen LogP contribution in [-0.4, -0.2) is 27.2 Å². The van der Waals surface area contributed by atoms with Gasteiger partial charge in [0.1, 0.15) is 17.2 Å². The molecule has 5 nitrogen and oxygen atoms in total. The van der Waals surface area contributed by atoms with Gasteiger partial charge in [0, 0.05) is 16.8 Å². The SMILES string of the molecule is COc1ccc(-c2cc(NC(=O)Cc3cc(C)ccc3OC)ccc2OC)cc1. The van der Waals surface area contributed by atoms with E-state index in [4.69, 9.17) is 14.2 Å². The molecule has 0 spiro atoms. The van der Waals surface area contributed by atoms with Gasteiger partial charge >= 0.3 is 0 Å². The molecule has 0 heterocycles. The second kappa shape index (κ2) is 9.15. The minimum atomic E-state index is -0.111. The van der Waals surface area contributed by atoms with Gasteiger partial charge in [-0.05, 0) is 48.9 Å². The first-order chi connectivity index (χ1) is 14.0. The Morgan fingerprint density at radius 1 is 0.828 bits per heavy atom. The molecule has 29 heavy (non-hydrogen) atoms. The Bertz CT molecular complexity index is 996. The number of methoxy groups -OCH3 is 3. The molecule has 3 aromatic rings. The van der Waals surface area contributed by atoms with Crippen LogP contribution in [0.5, 0.6) is 17.2 Å². The minimum absolute atomic E-state index is 0.111. The van der Waals surface area contributed by atoms with Crippen molar-refractivity contribution in [2.75, 3.05) is 26.6 Å². The molecule has 0 aliphatic carbocycles. The van der Waals surface area contributed by atoms with E-state index in [1.54, 1.807) is 21.3 Å². The van der Waals surface area contributed by atoms with E-state index in [0.717, 1.165) is 33.8 Å². The van der Waals surface area contributed by atoms with Gasteiger partial charge in [0.05, 0.1) is 27.8 Å². The van der Waals surface area contributed by atoms with Crippen molar-refractivity contribution in [3.8, 4) is 28.4 Å². The smallest absolute Gasteiger partial charge is 0.228 e. The van der Waals surface area contributed by atoms with Crippen LogP contribution in [0, 0.1) is 6.92 Å². The lowest BCUT2D eigenvalue weighted by molar-refractivity contribution is -0.115. The fraction of sp³-hybridized carbons (Fsp3) is 0.208. The summed E-state index contributed by atoms with van der Waals surface area (Å²) in [7, 11) is 4.87. The number of anilines is 1. The zero-order valence-electron chi connectivity index (χ0n) is 17.1. The number of ether oxygens (including phenoxy) is 3. The molecule has 1 amide bonds. The molecule has 0 saturated heterocycles. The third kappa shape index (κ3) is 4.88. The standard InChI is InChI=1S/C24H25NO4/c1-16-5-11-22(28-3)18(13-16)14-24(26)25-19-8-12-23(29-4)21(15-19)17-6-9-20(27-2)10-7-17/h5-13,15H,14H2,1-4H3,(H,25,26). The molecule has 0 fully saturated rings. The first-order valence-corrected chi connectivity index (χ1v) is 9.30. The van der Waals surface area contributed by atoms with Gasteiger partial charge in [-0.25, -0.2) is 0 Å². The predicted molar refractivity (Wildman–Crippen MR) is 115 cm³/mol. The van der Waals surface area contributed by atoms with E-state index < -0.39 is 0 Å². The lowest BCUT2D eigenvalue weighted by Crippen LogP contribution is -2.15. The van der Waals surface area contributed by atoms with E-state index in [0.29, 0.717) is 11.4 Å². The lowest BCUT2D eigenvalue weighted by Gasteiger charge is -2.13. The van der Waals surface area contributed by atoms with Crippen LogP contribution in [0.2, 0.25) is 0 Å². The zero-order valence-corrected chi connectivity index (χ0v) is 17.1. The Kier molecular flexibility index (Phi) is 6.39. The van der Waals surface area contributed by atoms with Crippen molar-refractivity contribution in [1.82, 2.24) is 0 Å². The third-order valence-corrected chi connectivity index (χ3v) is 4.67. The van der Waals surface area contributed by atoms with E-state index in [1.165, 1.54) is 0 Å². The van der Waals surface area contributed by atoms with Gasteiger partial charge in [-0.2, -0.15) is 0 Å². The van der Waals surface area contributed by atoms with Crippen molar-refractivity contribution in [1.29, 1.82) is 0 Å². The van der Waals surface area contributed by atoms with Crippen LogP contribution in [0.3, 0.4) is 0 Å². The molecule has 0 unspecified atom stereocenters. The molecular formula is C24H25NO4. The van der Waals surface area contributed by atoms with Gasteiger partial charge in [-0.15, -0.1) is 0 Å². The van der Waals surface area contributed by atoms with Gasteiger partial charge in [-0.1, -0.05) is 29.8 Å². The van der Waals surface area contributed by atoms with Crippen LogP contribution in [0.4, 0.5) is 5.69 Å². The Hall–Kier alpha value is -3.47. The molecule has 150 valence electrons. The second-order valence-corrected chi connectivity index (χ2v) is 6.68. The van der Waals surface area contributed by atoms with Crippen LogP contribution in [0.25, 0.3) is 11.1 Å². The quantitative estimate of drug-likeness (QED) is 0.624. The normalized spacial score (nSPS) is 10.3. The lowest BCUT2D eigenvalue weighted by atomic mass is 10.0. The first kappa shape index (κ1) is 20.3. The van der Waals surface area contributed by atoms with Crippen LogP contribution in [0.1, 0.15) is 11.1 Å². The highest BCUT2D eigenvalue weighted by Gasteiger charge is 2.12. The highest BCUT2D eigenvalue weighted by molar-refractivity contribution is 5.93. The maximum Gasteiger partial charge on any atom is 0.228 e. The number of hydrogen-bond donors (Lipinski definition) is 1. The summed E-state index contributed by atoms with van der Waals surface area (Å²) in [5.41, 5.74) is 4.50. The molecule has 0 atom stereocenters. The summed E-state index contributed by atoms with van der Waals surface area (Å²) >= 11 is 0. The summed E-state index contributed by atoms with van der Waals surface area (Å²) in [6.07, 6.45) is 0.231. The Labute approximate surface area is 171 Å². The Balaban J connectivity index is 1.82. The van der Waals surface area contributed by atoms with Crippen LogP contribution in [0.15, 0.2) is 60.7 Å². The van der Waals surface area contributed by atoms with E-state index in [1.807, 2.05) is 67.6 Å². The number of hydrogen-bond acceptors (Lipinski definition) is 4. The summed E-state index contributed by atoms with van der Waals surface area (Å²) in [4.78, 5) is 12.6. The van der Waals surface area contributed by atoms with Crippen molar-refractivity contribution in [3.63, 3.8) is 0 Å². The summed E-state index contributed by atoms with van der Waals surface area (Å²) in [6, 6.07) is 19.1. The number of rotatable bonds is 7. The fourth-order valence-electron chi connectivity index (χ4n) is 3.21. The molecule has 5 heteroatoms. The van der Waals surface area contributed by atoms with E-state index >= 15 is 0 Å². The number of aryl methyl sites for hydroxylation is 1. The Morgan fingerprint density at radius 2 is 1.52 bits per heavy atom. The zero-order chi connectivity index (χ0) is 20.8. The summed E-state index contributed by atoms with van der Waals surface area (Å²) in [6.45, 7) is 1.99. The van der Waals surface area contributed by atoms with Crippen LogP contribution in [-0.2, 0) is 11.2 Å². The summed E-state index contributed by atoms with van der Waals surface area (Å²) < 4.78 is 16.1. The average Bonchev–Trinajstić information content (AvgIpc) is 2.74. The molecule has 0 radical (unpaired) electrons. The molecule has 0 bridgehead atoms. The van der Waals surface area contributed by atoms with Crippen molar-refractivity contribution in [2.45, 2.75) is 13.3 Å². The maximum absolute atomic E-state index is 12.6. The number of carbonyl (C=O) groups is 1. The topological polar surface area (TPSA) is 56.8 Å². The van der Waals surface area contributed by atoms with Gasteiger partial charge in [-0.3, -0.25) is 4.79 Å². The number of benzene rings is 3. The van der Waals surface area contributed by atoms with E-state index in [-0.39, 0.29) is 12.3 Å². The van der Waals surface area contributed by atoms with Crippen molar-refractivity contribution in [3.05, 3.63) is 71.8 Å². The van der Waals surface area contributed by atoms with Crippen LogP contribution < -0.4 is 19.5 Å². The first-order valence-electron chi connectivity index (χ1n) is 9.30. The highest BCUT2D eigenvalue weighted by Crippen LogP contribution is 2.33. The molecule has 3 rings (SSSR count). The molecule has 0 aliphatic heterocycles. The van der Waals surface area contributed by atoms with Crippen LogP contribution >= 0.6 is 0 Å².